The number of carbonyl (C=O) groups excluding carboxylic acids is 3. The highest BCUT2D eigenvalue weighted by Gasteiger charge is 2.39. The fourth-order valence-corrected chi connectivity index (χ4v) is 3.55. The van der Waals surface area contributed by atoms with Crippen molar-refractivity contribution in [2.75, 3.05) is 17.3 Å². The van der Waals surface area contributed by atoms with Gasteiger partial charge in [-0.25, -0.2) is 14.1 Å². The van der Waals surface area contributed by atoms with Crippen molar-refractivity contribution in [3.05, 3.63) is 93.9 Å². The van der Waals surface area contributed by atoms with Crippen molar-refractivity contribution in [2.24, 2.45) is 0 Å². The van der Waals surface area contributed by atoms with Crippen LogP contribution in [0.2, 0.25) is 5.02 Å². The van der Waals surface area contributed by atoms with Crippen molar-refractivity contribution >= 4 is 52.4 Å². The number of esters is 1. The third-order valence-corrected chi connectivity index (χ3v) is 5.49. The number of amides is 2. The summed E-state index contributed by atoms with van der Waals surface area (Å²) in [6.07, 6.45) is 0. The van der Waals surface area contributed by atoms with Gasteiger partial charge in [0.25, 0.3) is 11.8 Å². The van der Waals surface area contributed by atoms with Crippen LogP contribution >= 0.6 is 23.2 Å². The van der Waals surface area contributed by atoms with E-state index in [9.17, 15) is 18.8 Å². The predicted octanol–water partition coefficient (Wildman–Crippen LogP) is 5.14. The minimum Gasteiger partial charge on any atom is -0.493 e. The Kier molecular flexibility index (Phi) is 6.54. The maximum Gasteiger partial charge on any atom is 0.343 e. The summed E-state index contributed by atoms with van der Waals surface area (Å²) in [6.45, 7) is 0. The van der Waals surface area contributed by atoms with Gasteiger partial charge in [0, 0.05) is 5.69 Å². The van der Waals surface area contributed by atoms with Gasteiger partial charge in [-0.1, -0.05) is 35.3 Å². The lowest BCUT2D eigenvalue weighted by atomic mass is 10.2. The molecule has 3 aromatic rings. The molecule has 0 aliphatic carbocycles. The second-order valence-electron chi connectivity index (χ2n) is 6.98. The first-order valence-corrected chi connectivity index (χ1v) is 10.5. The summed E-state index contributed by atoms with van der Waals surface area (Å²) < 4.78 is 24.0. The fourth-order valence-electron chi connectivity index (χ4n) is 3.17. The van der Waals surface area contributed by atoms with Crippen molar-refractivity contribution < 1.29 is 28.2 Å². The molecule has 7 nitrogen and oxygen atoms in total. The van der Waals surface area contributed by atoms with Gasteiger partial charge in [0.1, 0.15) is 16.5 Å². The number of nitrogens with zero attached hydrogens (tertiary/aromatic N) is 1. The van der Waals surface area contributed by atoms with Crippen LogP contribution < -0.4 is 19.7 Å². The Balaban J connectivity index is 1.49. The van der Waals surface area contributed by atoms with Crippen LogP contribution in [0.15, 0.2) is 77.5 Å². The van der Waals surface area contributed by atoms with Gasteiger partial charge < -0.3 is 14.8 Å². The molecule has 0 radical (unpaired) electrons. The first kappa shape index (κ1) is 23.3. The molecular formula is C24H15Cl2FN2O5. The molecule has 0 atom stereocenters. The summed E-state index contributed by atoms with van der Waals surface area (Å²) >= 11 is 11.9. The molecule has 0 bridgehead atoms. The highest BCUT2D eigenvalue weighted by molar-refractivity contribution is 6.53. The Hall–Kier alpha value is -3.88. The smallest absolute Gasteiger partial charge is 0.343 e. The quantitative estimate of drug-likeness (QED) is 0.286. The second kappa shape index (κ2) is 9.54. The van der Waals surface area contributed by atoms with Gasteiger partial charge >= 0.3 is 5.97 Å². The highest BCUT2D eigenvalue weighted by atomic mass is 35.5. The van der Waals surface area contributed by atoms with Crippen LogP contribution in [0.4, 0.5) is 15.8 Å². The minimum absolute atomic E-state index is 0.0748. The van der Waals surface area contributed by atoms with Crippen LogP contribution in [0.1, 0.15) is 10.4 Å². The van der Waals surface area contributed by atoms with Gasteiger partial charge in [-0.05, 0) is 54.6 Å². The molecule has 10 heteroatoms. The van der Waals surface area contributed by atoms with Crippen LogP contribution in [-0.4, -0.2) is 24.9 Å². The molecule has 0 saturated carbocycles. The summed E-state index contributed by atoms with van der Waals surface area (Å²) in [6, 6.07) is 16.2. The zero-order chi connectivity index (χ0) is 24.4. The van der Waals surface area contributed by atoms with Crippen molar-refractivity contribution in [1.29, 1.82) is 0 Å². The van der Waals surface area contributed by atoms with Crippen LogP contribution in [0.5, 0.6) is 11.5 Å². The average Bonchev–Trinajstić information content (AvgIpc) is 3.04. The van der Waals surface area contributed by atoms with Crippen molar-refractivity contribution in [3.8, 4) is 11.5 Å². The number of nitrogens with one attached hydrogen (secondary N) is 1. The van der Waals surface area contributed by atoms with Crippen molar-refractivity contribution in [2.45, 2.75) is 0 Å². The molecule has 4 rings (SSSR count). The maximum absolute atomic E-state index is 13.5. The molecule has 1 N–H and O–H groups in total. The lowest BCUT2D eigenvalue weighted by Gasteiger charge is -2.15. The Morgan fingerprint density at radius 3 is 2.26 bits per heavy atom. The van der Waals surface area contributed by atoms with Gasteiger partial charge in [-0.2, -0.15) is 0 Å². The monoisotopic (exact) mass is 500 g/mol. The third kappa shape index (κ3) is 4.46. The third-order valence-electron chi connectivity index (χ3n) is 4.85. The normalized spacial score (nSPS) is 13.4. The number of ether oxygens (including phenoxy) is 2. The topological polar surface area (TPSA) is 84.9 Å². The Bertz CT molecular complexity index is 1340. The van der Waals surface area contributed by atoms with E-state index in [0.717, 1.165) is 17.0 Å². The summed E-state index contributed by atoms with van der Waals surface area (Å²) in [5.41, 5.74) is 0.539. The van der Waals surface area contributed by atoms with E-state index in [-0.39, 0.29) is 32.8 Å². The van der Waals surface area contributed by atoms with E-state index in [4.69, 9.17) is 32.7 Å². The van der Waals surface area contributed by atoms with E-state index >= 15 is 0 Å². The molecule has 172 valence electrons. The van der Waals surface area contributed by atoms with Gasteiger partial charge in [0.15, 0.2) is 11.5 Å². The zero-order valence-corrected chi connectivity index (χ0v) is 19.0. The van der Waals surface area contributed by atoms with E-state index in [1.165, 1.54) is 37.4 Å². The average molecular weight is 501 g/mol. The van der Waals surface area contributed by atoms with Crippen molar-refractivity contribution in [3.63, 3.8) is 0 Å². The molecule has 0 spiro atoms. The number of hydrogen-bond acceptors (Lipinski definition) is 6. The number of anilines is 2. The Morgan fingerprint density at radius 1 is 0.941 bits per heavy atom. The molecule has 0 unspecified atom stereocenters. The highest BCUT2D eigenvalue weighted by Crippen LogP contribution is 2.32. The summed E-state index contributed by atoms with van der Waals surface area (Å²) in [5, 5.41) is 2.20. The minimum atomic E-state index is -0.783. The van der Waals surface area contributed by atoms with E-state index in [0.29, 0.717) is 11.4 Å². The van der Waals surface area contributed by atoms with E-state index in [2.05, 4.69) is 5.32 Å². The van der Waals surface area contributed by atoms with Crippen molar-refractivity contribution in [1.82, 2.24) is 0 Å². The number of rotatable bonds is 6. The summed E-state index contributed by atoms with van der Waals surface area (Å²) in [4.78, 5) is 38.6. The largest absolute Gasteiger partial charge is 0.493 e. The SMILES string of the molecule is COc1ccccc1OC(=O)c1ccc(NC2=C(Cl)C(=O)N(c3ccc(F)c(Cl)c3)C2=O)cc1. The first-order valence-electron chi connectivity index (χ1n) is 9.76. The van der Waals surface area contributed by atoms with Gasteiger partial charge in [0.2, 0.25) is 0 Å². The number of benzene rings is 3. The summed E-state index contributed by atoms with van der Waals surface area (Å²) in [7, 11) is 1.47. The standard InChI is InChI=1S/C24H15Cl2FN2O5/c1-33-18-4-2-3-5-19(18)34-24(32)13-6-8-14(9-7-13)28-21-20(26)22(30)29(23(21)31)15-10-11-17(27)16(25)12-15/h2-12,28H,1H3. The zero-order valence-electron chi connectivity index (χ0n) is 17.5. The molecule has 34 heavy (non-hydrogen) atoms. The molecule has 2 amide bonds. The van der Waals surface area contributed by atoms with E-state index < -0.39 is 23.6 Å². The second-order valence-corrected chi connectivity index (χ2v) is 7.76. The van der Waals surface area contributed by atoms with E-state index in [1.54, 1.807) is 24.3 Å². The number of imide groups is 1. The molecular weight excluding hydrogens is 486 g/mol. The summed E-state index contributed by atoms with van der Waals surface area (Å²) in [5.74, 6) is -2.14. The lowest BCUT2D eigenvalue weighted by Crippen LogP contribution is -2.32. The molecule has 0 saturated heterocycles. The number of methoxy groups -OCH3 is 1. The lowest BCUT2D eigenvalue weighted by molar-refractivity contribution is -0.120. The Morgan fingerprint density at radius 2 is 1.62 bits per heavy atom. The molecule has 3 aromatic carbocycles. The molecule has 1 aliphatic rings. The number of para-hydroxylation sites is 2. The van der Waals surface area contributed by atoms with Gasteiger partial charge in [0.05, 0.1) is 23.4 Å². The number of halogens is 3. The predicted molar refractivity (Wildman–Crippen MR) is 125 cm³/mol. The number of carbonyl (C=O) groups is 3. The molecule has 0 fully saturated rings. The molecule has 1 aliphatic heterocycles. The number of hydrogen-bond donors (Lipinski definition) is 1. The van der Waals surface area contributed by atoms with Gasteiger partial charge in [-0.3, -0.25) is 9.59 Å². The maximum atomic E-state index is 13.5. The van der Waals surface area contributed by atoms with Crippen LogP contribution in [0.25, 0.3) is 0 Å². The van der Waals surface area contributed by atoms with Crippen LogP contribution in [-0.2, 0) is 9.59 Å². The molecule has 1 heterocycles. The van der Waals surface area contributed by atoms with E-state index in [1.807, 2.05) is 0 Å². The van der Waals surface area contributed by atoms with Crippen LogP contribution in [0, 0.1) is 5.82 Å². The van der Waals surface area contributed by atoms with Crippen LogP contribution in [0.3, 0.4) is 0 Å². The first-order chi connectivity index (χ1) is 16.3. The Labute approximate surface area is 203 Å². The fraction of sp³-hybridized carbons (Fsp3) is 0.0417. The van der Waals surface area contributed by atoms with Gasteiger partial charge in [-0.15, -0.1) is 0 Å². The molecule has 0 aromatic heterocycles.